The van der Waals surface area contributed by atoms with Crippen molar-refractivity contribution >= 4 is 51.5 Å². The molecule has 0 fully saturated rings. The minimum absolute atomic E-state index is 0.298. The average Bonchev–Trinajstić information content (AvgIpc) is 3.52. The molecular formula is C24H19ClN4O2S2. The van der Waals surface area contributed by atoms with Gasteiger partial charge in [-0.1, -0.05) is 35.0 Å². The zero-order chi connectivity index (χ0) is 22.9. The van der Waals surface area contributed by atoms with E-state index in [1.54, 1.807) is 18.4 Å². The molecule has 166 valence electrons. The Morgan fingerprint density at radius 2 is 1.97 bits per heavy atom. The lowest BCUT2D eigenvalue weighted by Crippen LogP contribution is -2.46. The van der Waals surface area contributed by atoms with Crippen molar-refractivity contribution in [3.63, 3.8) is 0 Å². The highest BCUT2D eigenvalue weighted by atomic mass is 35.5. The first-order chi connectivity index (χ1) is 16.0. The molecule has 1 aliphatic heterocycles. The van der Waals surface area contributed by atoms with Gasteiger partial charge in [-0.15, -0.1) is 11.3 Å². The summed E-state index contributed by atoms with van der Waals surface area (Å²) in [5.74, 6) is 1.73. The van der Waals surface area contributed by atoms with E-state index in [1.165, 1.54) is 0 Å². The van der Waals surface area contributed by atoms with Crippen LogP contribution in [0.15, 0.2) is 76.3 Å². The van der Waals surface area contributed by atoms with Crippen molar-refractivity contribution in [3.05, 3.63) is 88.2 Å². The monoisotopic (exact) mass is 494 g/mol. The number of thiocarbonyl (C=S) groups is 1. The molecule has 4 aromatic rings. The fourth-order valence-electron chi connectivity index (χ4n) is 3.83. The van der Waals surface area contributed by atoms with Crippen molar-refractivity contribution in [2.75, 3.05) is 12.0 Å². The van der Waals surface area contributed by atoms with Crippen molar-refractivity contribution in [1.82, 2.24) is 15.5 Å². The number of ether oxygens (including phenoxy) is 1. The van der Waals surface area contributed by atoms with Crippen LogP contribution in [0.2, 0.25) is 5.02 Å². The van der Waals surface area contributed by atoms with Gasteiger partial charge in [0, 0.05) is 16.4 Å². The van der Waals surface area contributed by atoms with E-state index >= 15 is 0 Å². The lowest BCUT2D eigenvalue weighted by molar-refractivity contribution is 0.403. The lowest BCUT2D eigenvalue weighted by atomic mass is 9.94. The maximum atomic E-state index is 6.11. The molecule has 0 saturated heterocycles. The van der Waals surface area contributed by atoms with Gasteiger partial charge < -0.3 is 14.6 Å². The summed E-state index contributed by atoms with van der Waals surface area (Å²) in [6.07, 6.45) is 0. The third kappa shape index (κ3) is 4.13. The van der Waals surface area contributed by atoms with Crippen LogP contribution in [0.25, 0.3) is 16.3 Å². The molecule has 6 nitrogen and oxygen atoms in total. The number of hydrogen-bond acceptors (Lipinski definition) is 6. The fourth-order valence-corrected chi connectivity index (χ4v) is 4.97. The molecule has 3 heterocycles. The molecule has 33 heavy (non-hydrogen) atoms. The molecule has 0 spiro atoms. The van der Waals surface area contributed by atoms with Gasteiger partial charge in [-0.3, -0.25) is 4.90 Å². The molecule has 0 radical (unpaired) electrons. The quantitative estimate of drug-likeness (QED) is 0.325. The second-order valence-corrected chi connectivity index (χ2v) is 9.14. The molecule has 0 bridgehead atoms. The highest BCUT2D eigenvalue weighted by molar-refractivity contribution is 7.80. The van der Waals surface area contributed by atoms with E-state index in [1.807, 2.05) is 77.9 Å². The number of halogens is 1. The molecule has 2 aromatic heterocycles. The van der Waals surface area contributed by atoms with Crippen LogP contribution in [0, 0.1) is 0 Å². The van der Waals surface area contributed by atoms with E-state index in [0.717, 1.165) is 33.1 Å². The molecule has 1 unspecified atom stereocenters. The maximum absolute atomic E-state index is 6.11. The van der Waals surface area contributed by atoms with Gasteiger partial charge in [0.1, 0.15) is 5.75 Å². The SMILES string of the molecule is COc1cccc(C2NC(=S)N(c3ccc(Cl)cc3)C(C)=C2c2nc(-c3cccs3)no2)c1. The van der Waals surface area contributed by atoms with Gasteiger partial charge in [0.2, 0.25) is 5.82 Å². The van der Waals surface area contributed by atoms with Crippen LogP contribution in [0.5, 0.6) is 5.75 Å². The third-order valence-electron chi connectivity index (χ3n) is 5.39. The van der Waals surface area contributed by atoms with Crippen LogP contribution < -0.4 is 15.0 Å². The van der Waals surface area contributed by atoms with Crippen LogP contribution in [0.3, 0.4) is 0 Å². The Labute approximate surface area is 205 Å². The Morgan fingerprint density at radius 1 is 1.15 bits per heavy atom. The maximum Gasteiger partial charge on any atom is 0.258 e. The zero-order valence-electron chi connectivity index (χ0n) is 17.8. The van der Waals surface area contributed by atoms with Crippen molar-refractivity contribution in [1.29, 1.82) is 0 Å². The molecular weight excluding hydrogens is 476 g/mol. The number of anilines is 1. The molecule has 0 amide bonds. The summed E-state index contributed by atoms with van der Waals surface area (Å²) in [6, 6.07) is 19.0. The van der Waals surface area contributed by atoms with Gasteiger partial charge in [-0.25, -0.2) is 0 Å². The van der Waals surface area contributed by atoms with E-state index < -0.39 is 0 Å². The Balaban J connectivity index is 1.66. The number of aromatic nitrogens is 2. The predicted octanol–water partition coefficient (Wildman–Crippen LogP) is 6.33. The molecule has 2 aromatic carbocycles. The Hall–Kier alpha value is -3.20. The second-order valence-electron chi connectivity index (χ2n) is 7.37. The predicted molar refractivity (Wildman–Crippen MR) is 136 cm³/mol. The van der Waals surface area contributed by atoms with Crippen molar-refractivity contribution in [2.45, 2.75) is 13.0 Å². The van der Waals surface area contributed by atoms with Gasteiger partial charge in [0.05, 0.1) is 23.6 Å². The number of rotatable bonds is 5. The summed E-state index contributed by atoms with van der Waals surface area (Å²) in [7, 11) is 1.65. The van der Waals surface area contributed by atoms with Gasteiger partial charge >= 0.3 is 0 Å². The van der Waals surface area contributed by atoms with Gasteiger partial charge in [0.15, 0.2) is 5.11 Å². The van der Waals surface area contributed by atoms with Crippen molar-refractivity contribution in [2.24, 2.45) is 0 Å². The lowest BCUT2D eigenvalue weighted by Gasteiger charge is -2.37. The number of nitrogens with one attached hydrogen (secondary N) is 1. The highest BCUT2D eigenvalue weighted by Gasteiger charge is 2.35. The minimum atomic E-state index is -0.298. The molecule has 1 atom stereocenters. The van der Waals surface area contributed by atoms with E-state index in [0.29, 0.717) is 21.9 Å². The van der Waals surface area contributed by atoms with Crippen LogP contribution in [0.1, 0.15) is 24.4 Å². The minimum Gasteiger partial charge on any atom is -0.497 e. The summed E-state index contributed by atoms with van der Waals surface area (Å²) in [5, 5.41) is 10.9. The Bertz CT molecular complexity index is 1330. The normalized spacial score (nSPS) is 16.2. The van der Waals surface area contributed by atoms with Crippen LogP contribution >= 0.6 is 35.2 Å². The van der Waals surface area contributed by atoms with Crippen LogP contribution in [-0.2, 0) is 0 Å². The van der Waals surface area contributed by atoms with E-state index in [4.69, 9.17) is 38.1 Å². The zero-order valence-corrected chi connectivity index (χ0v) is 20.2. The fraction of sp³-hybridized carbons (Fsp3) is 0.125. The van der Waals surface area contributed by atoms with Crippen LogP contribution in [-0.4, -0.2) is 22.4 Å². The first-order valence-corrected chi connectivity index (χ1v) is 11.8. The molecule has 1 N–H and O–H groups in total. The van der Waals surface area contributed by atoms with E-state index in [9.17, 15) is 0 Å². The summed E-state index contributed by atoms with van der Waals surface area (Å²) >= 11 is 13.5. The highest BCUT2D eigenvalue weighted by Crippen LogP contribution is 2.40. The first-order valence-electron chi connectivity index (χ1n) is 10.1. The standard InChI is InChI=1S/C24H19ClN4O2S2/c1-14-20(23-27-22(28-31-23)19-7-4-12-33-19)21(15-5-3-6-18(13-15)30-2)26-24(32)29(14)17-10-8-16(25)9-11-17/h3-13,21H,1-2H3,(H,26,32). The topological polar surface area (TPSA) is 63.4 Å². The number of methoxy groups -OCH3 is 1. The van der Waals surface area contributed by atoms with E-state index in [-0.39, 0.29) is 6.04 Å². The second kappa shape index (κ2) is 8.97. The number of nitrogens with zero attached hydrogens (tertiary/aromatic N) is 3. The van der Waals surface area contributed by atoms with Crippen molar-refractivity contribution in [3.8, 4) is 16.5 Å². The number of thiophene rings is 1. The van der Waals surface area contributed by atoms with Gasteiger partial charge in [-0.05, 0) is 72.5 Å². The largest absolute Gasteiger partial charge is 0.497 e. The summed E-state index contributed by atoms with van der Waals surface area (Å²) < 4.78 is 11.2. The number of hydrogen-bond donors (Lipinski definition) is 1. The Morgan fingerprint density at radius 3 is 2.70 bits per heavy atom. The number of allylic oxidation sites excluding steroid dienone is 1. The third-order valence-corrected chi connectivity index (χ3v) is 6.81. The van der Waals surface area contributed by atoms with E-state index in [2.05, 4.69) is 10.5 Å². The van der Waals surface area contributed by atoms with Gasteiger partial charge in [-0.2, -0.15) is 4.98 Å². The molecule has 9 heteroatoms. The summed E-state index contributed by atoms with van der Waals surface area (Å²) in [4.78, 5) is 7.62. The van der Waals surface area contributed by atoms with Gasteiger partial charge in [0.25, 0.3) is 5.89 Å². The average molecular weight is 495 g/mol. The first kappa shape index (κ1) is 21.6. The Kier molecular flexibility index (Phi) is 5.88. The molecule has 0 aliphatic carbocycles. The smallest absolute Gasteiger partial charge is 0.258 e. The molecule has 0 saturated carbocycles. The van der Waals surface area contributed by atoms with Crippen molar-refractivity contribution < 1.29 is 9.26 Å². The molecule has 1 aliphatic rings. The number of benzene rings is 2. The molecule has 5 rings (SSSR count). The summed E-state index contributed by atoms with van der Waals surface area (Å²) in [6.45, 7) is 2.00. The van der Waals surface area contributed by atoms with Crippen LogP contribution in [0.4, 0.5) is 5.69 Å². The summed E-state index contributed by atoms with van der Waals surface area (Å²) in [5.41, 5.74) is 3.57.